The average molecular weight is 258 g/mol. The summed E-state index contributed by atoms with van der Waals surface area (Å²) in [6.45, 7) is 1.98. The van der Waals surface area contributed by atoms with Gasteiger partial charge in [-0.1, -0.05) is 12.1 Å². The van der Waals surface area contributed by atoms with E-state index in [4.69, 9.17) is 5.73 Å². The normalized spacial score (nSPS) is 10.2. The highest BCUT2D eigenvalue weighted by molar-refractivity contribution is 5.64. The second-order valence-corrected chi connectivity index (χ2v) is 4.26. The minimum absolute atomic E-state index is 0.0676. The van der Waals surface area contributed by atoms with Crippen LogP contribution in [0.1, 0.15) is 5.56 Å². The molecule has 6 nitrogen and oxygen atoms in total. The third-order valence-electron chi connectivity index (χ3n) is 2.76. The monoisotopic (exact) mass is 258 g/mol. The molecule has 0 spiro atoms. The van der Waals surface area contributed by atoms with Gasteiger partial charge in [0, 0.05) is 12.7 Å². The van der Waals surface area contributed by atoms with E-state index in [1.807, 2.05) is 31.2 Å². The number of nitrogen functional groups attached to an aromatic ring is 1. The molecule has 2 aromatic rings. The summed E-state index contributed by atoms with van der Waals surface area (Å²) in [4.78, 5) is 16.2. The first kappa shape index (κ1) is 12.8. The molecule has 1 heterocycles. The van der Waals surface area contributed by atoms with Crippen LogP contribution in [0.4, 0.5) is 23.0 Å². The topological polar surface area (TPSA) is 85.3 Å². The largest absolute Gasteiger partial charge is 0.383 e. The molecule has 1 aromatic carbocycles. The Bertz CT molecular complexity index is 628. The molecule has 0 saturated carbocycles. The molecule has 0 aliphatic rings. The smallest absolute Gasteiger partial charge is 0.276 e. The summed E-state index contributed by atoms with van der Waals surface area (Å²) in [5.41, 5.74) is 7.53. The van der Waals surface area contributed by atoms with Gasteiger partial charge in [0.1, 0.15) is 11.6 Å². The Morgan fingerprint density at radius 1 is 1.32 bits per heavy atom. The van der Waals surface area contributed by atoms with E-state index in [-0.39, 0.29) is 11.5 Å². The van der Waals surface area contributed by atoms with Crippen LogP contribution < -0.4 is 10.6 Å². The molecular formula is C13H14N4O2. The first-order chi connectivity index (χ1) is 8.97. The zero-order valence-corrected chi connectivity index (χ0v) is 10.7. The fraction of sp³-hybridized carbons (Fsp3) is 0.154. The van der Waals surface area contributed by atoms with Crippen molar-refractivity contribution in [3.63, 3.8) is 0 Å². The van der Waals surface area contributed by atoms with Crippen LogP contribution in [0.15, 0.2) is 36.4 Å². The fourth-order valence-electron chi connectivity index (χ4n) is 1.77. The lowest BCUT2D eigenvalue weighted by molar-refractivity contribution is -0.384. The molecule has 0 atom stereocenters. The molecule has 98 valence electrons. The Kier molecular flexibility index (Phi) is 3.33. The molecule has 0 unspecified atom stereocenters. The molecule has 0 fully saturated rings. The number of pyridine rings is 1. The van der Waals surface area contributed by atoms with Gasteiger partial charge in [-0.15, -0.1) is 0 Å². The second kappa shape index (κ2) is 4.93. The van der Waals surface area contributed by atoms with Gasteiger partial charge in [0.15, 0.2) is 0 Å². The minimum atomic E-state index is -0.481. The Labute approximate surface area is 110 Å². The van der Waals surface area contributed by atoms with E-state index in [0.29, 0.717) is 5.82 Å². The maximum atomic E-state index is 10.8. The first-order valence-corrected chi connectivity index (χ1v) is 5.70. The number of rotatable bonds is 3. The van der Waals surface area contributed by atoms with Gasteiger partial charge in [0.05, 0.1) is 17.1 Å². The summed E-state index contributed by atoms with van der Waals surface area (Å²) in [5.74, 6) is 0.570. The van der Waals surface area contributed by atoms with E-state index < -0.39 is 4.92 Å². The van der Waals surface area contributed by atoms with Crippen molar-refractivity contribution in [1.29, 1.82) is 0 Å². The third-order valence-corrected chi connectivity index (χ3v) is 2.76. The van der Waals surface area contributed by atoms with Gasteiger partial charge in [-0.25, -0.2) is 4.98 Å². The number of nitrogens with two attached hydrogens (primary N) is 1. The van der Waals surface area contributed by atoms with Crippen molar-refractivity contribution in [3.8, 4) is 0 Å². The van der Waals surface area contributed by atoms with E-state index in [9.17, 15) is 10.1 Å². The molecule has 0 aliphatic carbocycles. The third kappa shape index (κ3) is 2.79. The Morgan fingerprint density at radius 3 is 2.68 bits per heavy atom. The van der Waals surface area contributed by atoms with Crippen molar-refractivity contribution < 1.29 is 4.92 Å². The molecule has 0 radical (unpaired) electrons. The number of anilines is 3. The second-order valence-electron chi connectivity index (χ2n) is 4.26. The highest BCUT2D eigenvalue weighted by Gasteiger charge is 2.13. The molecule has 0 saturated heterocycles. The van der Waals surface area contributed by atoms with Crippen LogP contribution in [0.3, 0.4) is 0 Å². The highest BCUT2D eigenvalue weighted by Crippen LogP contribution is 2.27. The van der Waals surface area contributed by atoms with Crippen LogP contribution in [-0.4, -0.2) is 17.0 Å². The van der Waals surface area contributed by atoms with Crippen LogP contribution in [0, 0.1) is 17.0 Å². The zero-order chi connectivity index (χ0) is 14.0. The van der Waals surface area contributed by atoms with Crippen LogP contribution in [-0.2, 0) is 0 Å². The summed E-state index contributed by atoms with van der Waals surface area (Å²) < 4.78 is 0. The zero-order valence-electron chi connectivity index (χ0n) is 10.7. The first-order valence-electron chi connectivity index (χ1n) is 5.70. The van der Waals surface area contributed by atoms with Crippen molar-refractivity contribution in [1.82, 2.24) is 4.98 Å². The van der Waals surface area contributed by atoms with Gasteiger partial charge < -0.3 is 10.6 Å². The number of nitro groups is 1. The minimum Gasteiger partial charge on any atom is -0.383 e. The van der Waals surface area contributed by atoms with Gasteiger partial charge in [-0.2, -0.15) is 0 Å². The number of hydrogen-bond donors (Lipinski definition) is 1. The predicted molar refractivity (Wildman–Crippen MR) is 74.5 cm³/mol. The van der Waals surface area contributed by atoms with Crippen molar-refractivity contribution in [2.45, 2.75) is 6.92 Å². The molecule has 0 aliphatic heterocycles. The number of nitrogens with zero attached hydrogens (tertiary/aromatic N) is 3. The lowest BCUT2D eigenvalue weighted by atomic mass is 10.2. The van der Waals surface area contributed by atoms with Crippen molar-refractivity contribution >= 4 is 23.0 Å². The predicted octanol–water partition coefficient (Wildman–Crippen LogP) is 2.65. The van der Waals surface area contributed by atoms with Crippen molar-refractivity contribution in [3.05, 3.63) is 52.1 Å². The summed E-state index contributed by atoms with van der Waals surface area (Å²) >= 11 is 0. The SMILES string of the molecule is Cc1cccc(N(C)c2cc([N+](=O)[O-])cc(N)n2)c1. The van der Waals surface area contributed by atoms with E-state index in [1.165, 1.54) is 12.1 Å². The summed E-state index contributed by atoms with van der Waals surface area (Å²) in [6.07, 6.45) is 0. The van der Waals surface area contributed by atoms with Crippen LogP contribution in [0.25, 0.3) is 0 Å². The quantitative estimate of drug-likeness (QED) is 0.675. The molecule has 0 bridgehead atoms. The number of aromatic nitrogens is 1. The molecular weight excluding hydrogens is 244 g/mol. The van der Waals surface area contributed by atoms with Crippen LogP contribution in [0.2, 0.25) is 0 Å². The standard InChI is InChI=1S/C13H14N4O2/c1-9-4-3-5-10(6-9)16(2)13-8-11(17(18)19)7-12(14)15-13/h3-8H,1-2H3,(H2,14,15). The van der Waals surface area contributed by atoms with Crippen LogP contribution >= 0.6 is 0 Å². The van der Waals surface area contributed by atoms with Gasteiger partial charge in [0.2, 0.25) is 0 Å². The van der Waals surface area contributed by atoms with Gasteiger partial charge >= 0.3 is 0 Å². The molecule has 0 amide bonds. The Morgan fingerprint density at radius 2 is 2.05 bits per heavy atom. The Hall–Kier alpha value is -2.63. The highest BCUT2D eigenvalue weighted by atomic mass is 16.6. The van der Waals surface area contributed by atoms with E-state index >= 15 is 0 Å². The van der Waals surface area contributed by atoms with Crippen LogP contribution in [0.5, 0.6) is 0 Å². The number of benzene rings is 1. The average Bonchev–Trinajstić information content (AvgIpc) is 2.37. The lowest BCUT2D eigenvalue weighted by Crippen LogP contribution is -2.12. The van der Waals surface area contributed by atoms with Gasteiger partial charge in [-0.3, -0.25) is 10.1 Å². The number of aryl methyl sites for hydroxylation is 1. The molecule has 19 heavy (non-hydrogen) atoms. The van der Waals surface area contributed by atoms with E-state index in [0.717, 1.165) is 11.3 Å². The van der Waals surface area contributed by atoms with Crippen molar-refractivity contribution in [2.75, 3.05) is 17.7 Å². The maximum Gasteiger partial charge on any atom is 0.276 e. The fourth-order valence-corrected chi connectivity index (χ4v) is 1.77. The maximum absolute atomic E-state index is 10.8. The summed E-state index contributed by atoms with van der Waals surface area (Å²) in [7, 11) is 1.79. The van der Waals surface area contributed by atoms with Gasteiger partial charge in [-0.05, 0) is 24.6 Å². The number of hydrogen-bond acceptors (Lipinski definition) is 5. The van der Waals surface area contributed by atoms with Gasteiger partial charge in [0.25, 0.3) is 5.69 Å². The summed E-state index contributed by atoms with van der Waals surface area (Å²) in [6, 6.07) is 10.4. The lowest BCUT2D eigenvalue weighted by Gasteiger charge is -2.18. The molecule has 2 rings (SSSR count). The molecule has 6 heteroatoms. The van der Waals surface area contributed by atoms with Crippen molar-refractivity contribution in [2.24, 2.45) is 0 Å². The van der Waals surface area contributed by atoms with E-state index in [2.05, 4.69) is 4.98 Å². The molecule has 1 aromatic heterocycles. The molecule has 2 N–H and O–H groups in total. The van der Waals surface area contributed by atoms with E-state index in [1.54, 1.807) is 11.9 Å². The Balaban J connectivity index is 2.43. The summed E-state index contributed by atoms with van der Waals surface area (Å²) in [5, 5.41) is 10.8.